The topological polar surface area (TPSA) is 330 Å². The van der Waals surface area contributed by atoms with Crippen LogP contribution in [0.2, 0.25) is 20.1 Å². The highest BCUT2D eigenvalue weighted by Gasteiger charge is 2.16. The van der Waals surface area contributed by atoms with Crippen LogP contribution in [0.25, 0.3) is 22.9 Å². The third kappa shape index (κ3) is 18.5. The maximum atomic E-state index is 11.1. The normalized spacial score (nSPS) is 9.69. The van der Waals surface area contributed by atoms with E-state index in [4.69, 9.17) is 66.7 Å². The number of nitrogen functional groups attached to an aromatic ring is 1. The van der Waals surface area contributed by atoms with Crippen molar-refractivity contribution in [3.63, 3.8) is 0 Å². The van der Waals surface area contributed by atoms with Crippen molar-refractivity contribution in [3.05, 3.63) is 147 Å². The fourth-order valence-electron chi connectivity index (χ4n) is 4.21. The van der Waals surface area contributed by atoms with Gasteiger partial charge in [-0.15, -0.1) is 20.4 Å². The molecule has 0 fully saturated rings. The van der Waals surface area contributed by atoms with Gasteiger partial charge in [0.05, 0.1) is 65.2 Å². The Hall–Kier alpha value is -6.70. The number of halogens is 4. The van der Waals surface area contributed by atoms with E-state index in [0.29, 0.717) is 27.7 Å². The van der Waals surface area contributed by atoms with Gasteiger partial charge in [0.2, 0.25) is 24.6 Å². The fourth-order valence-corrected chi connectivity index (χ4v) is 5.27. The largest absolute Gasteiger partial charge is 0.465 e. The molecule has 0 atom stereocenters. The molecule has 4 N–H and O–H groups in total. The van der Waals surface area contributed by atoms with Gasteiger partial charge < -0.3 is 39.2 Å². The molecule has 6 aromatic rings. The molecule has 0 spiro atoms. The molecule has 0 saturated carbocycles. The van der Waals surface area contributed by atoms with Crippen LogP contribution < -0.4 is 11.5 Å². The van der Waals surface area contributed by atoms with E-state index in [1.165, 1.54) is 77.3 Å². The van der Waals surface area contributed by atoms with E-state index in [2.05, 4.69) is 39.3 Å². The maximum absolute atomic E-state index is 11.1. The predicted molar refractivity (Wildman–Crippen MR) is 240 cm³/mol. The zero-order chi connectivity index (χ0) is 47.2. The number of Topliss-reactive ketones (excluding diaryl/α,β-unsaturated/α-hetero) is 1. The van der Waals surface area contributed by atoms with Gasteiger partial charge in [0.15, 0.2) is 5.78 Å². The van der Waals surface area contributed by atoms with Gasteiger partial charge >= 0.3 is 5.97 Å². The number of benzene rings is 4. The zero-order valence-electron chi connectivity index (χ0n) is 32.9. The molecule has 65 heavy (non-hydrogen) atoms. The maximum Gasteiger partial charge on any atom is 0.339 e. The van der Waals surface area contributed by atoms with Crippen molar-refractivity contribution in [2.45, 2.75) is 21.3 Å². The monoisotopic (exact) mass is 987 g/mol. The molecule has 0 bridgehead atoms. The van der Waals surface area contributed by atoms with Crippen LogP contribution in [0, 0.1) is 30.3 Å². The number of anilines is 1. The van der Waals surface area contributed by atoms with Gasteiger partial charge in [-0.2, -0.15) is 0 Å². The average molecular weight is 990 g/mol. The van der Waals surface area contributed by atoms with E-state index in [1.54, 1.807) is 18.2 Å². The Bertz CT molecular complexity index is 2380. The molecule has 4 aromatic carbocycles. The molecular formula is C38H41Cl4N9O14. The summed E-state index contributed by atoms with van der Waals surface area (Å²) in [7, 11) is 5.74. The molecule has 0 aliphatic carbocycles. The number of nitrogens with two attached hydrogens (primary N) is 2. The summed E-state index contributed by atoms with van der Waals surface area (Å²) in [6, 6.07) is 16.3. The lowest BCUT2D eigenvalue weighted by Crippen LogP contribution is -2.14. The van der Waals surface area contributed by atoms with Crippen molar-refractivity contribution in [1.29, 1.82) is 0 Å². The molecule has 0 aliphatic heterocycles. The Kier molecular flexibility index (Phi) is 26.6. The van der Waals surface area contributed by atoms with Gasteiger partial charge in [0.25, 0.3) is 23.5 Å². The number of ether oxygens (including phenoxy) is 4. The Balaban J connectivity index is 0.000000795. The molecule has 0 unspecified atom stereocenters. The quantitative estimate of drug-likeness (QED) is 0.0305. The summed E-state index contributed by atoms with van der Waals surface area (Å²) in [5.41, 5.74) is 12.3. The number of methoxy groups -OCH3 is 4. The van der Waals surface area contributed by atoms with Gasteiger partial charge in [0.1, 0.15) is 0 Å². The predicted octanol–water partition coefficient (Wildman–Crippen LogP) is 9.18. The number of nitro groups is 3. The number of carbonyl (C=O) groups is 2. The molecule has 0 saturated heterocycles. The van der Waals surface area contributed by atoms with E-state index in [-0.39, 0.29) is 76.3 Å². The summed E-state index contributed by atoms with van der Waals surface area (Å²) in [6.45, 7) is -0.683. The number of nitro benzene ring substituents is 3. The number of carbonyl (C=O) groups excluding carboxylic acids is 2. The van der Waals surface area contributed by atoms with Crippen molar-refractivity contribution in [2.75, 3.05) is 40.7 Å². The second-order valence-corrected chi connectivity index (χ2v) is 12.7. The van der Waals surface area contributed by atoms with E-state index in [0.717, 1.165) is 18.5 Å². The van der Waals surface area contributed by atoms with Crippen molar-refractivity contribution < 1.29 is 52.1 Å². The first-order valence-corrected chi connectivity index (χ1v) is 18.2. The summed E-state index contributed by atoms with van der Waals surface area (Å²) in [4.78, 5) is 51.6. The minimum Gasteiger partial charge on any atom is -0.465 e. The molecular weight excluding hydrogens is 948 g/mol. The Labute approximate surface area is 389 Å². The van der Waals surface area contributed by atoms with Gasteiger partial charge in [-0.25, -0.2) is 4.79 Å². The Morgan fingerprint density at radius 3 is 1.32 bits per heavy atom. The van der Waals surface area contributed by atoms with E-state index in [9.17, 15) is 39.9 Å². The standard InChI is InChI=1S/C8H4ClN3O3.C8H6ClN3O.C8H7ClN2O3.C8H6ClNO4.C4H10O3.2CH4/c9-7-3-5(12(13)14)1-2-6(7)8-11-10-4-15-8;9-7-3-5(10)1-2-6(7)8-12-11-4-13-8;9-7-3-5(11(13)14)1-2-6(7)8(12)4-10;1-14-8(11)6-3-2-5(10(12)13)4-7(6)9;1-5-4(6-2)7-3;;/h1-4H;1-4H,10H2;1-3H,4,10H2;2-4H,1H3;4H,1-3H3;2*1H4. The number of esters is 1. The van der Waals surface area contributed by atoms with Crippen LogP contribution in [0.4, 0.5) is 22.7 Å². The van der Waals surface area contributed by atoms with E-state index < -0.39 is 27.2 Å². The van der Waals surface area contributed by atoms with E-state index in [1.807, 2.05) is 0 Å². The summed E-state index contributed by atoms with van der Waals surface area (Å²) in [5.74, 6) is -0.338. The molecule has 6 rings (SSSR count). The molecule has 2 aromatic heterocycles. The minimum absolute atomic E-state index is 0. The molecule has 350 valence electrons. The van der Waals surface area contributed by atoms with Gasteiger partial charge in [0, 0.05) is 69.0 Å². The summed E-state index contributed by atoms with van der Waals surface area (Å²) in [5, 5.41) is 46.3. The fraction of sp³-hybridized carbons (Fsp3) is 0.211. The summed E-state index contributed by atoms with van der Waals surface area (Å²) in [6.07, 6.45) is 2.41. The van der Waals surface area contributed by atoms with Crippen LogP contribution in [-0.2, 0) is 18.9 Å². The second kappa shape index (κ2) is 29.6. The summed E-state index contributed by atoms with van der Waals surface area (Å²) >= 11 is 23.1. The van der Waals surface area contributed by atoms with E-state index >= 15 is 0 Å². The van der Waals surface area contributed by atoms with Gasteiger partial charge in [-0.1, -0.05) is 61.3 Å². The second-order valence-electron chi connectivity index (χ2n) is 11.1. The minimum atomic E-state index is -0.620. The van der Waals surface area contributed by atoms with Gasteiger partial charge in [-0.05, 0) is 36.4 Å². The van der Waals surface area contributed by atoms with Crippen molar-refractivity contribution in [1.82, 2.24) is 20.4 Å². The molecule has 23 nitrogen and oxygen atoms in total. The van der Waals surface area contributed by atoms with Crippen molar-refractivity contribution in [3.8, 4) is 22.9 Å². The van der Waals surface area contributed by atoms with Gasteiger partial charge in [-0.3, -0.25) is 35.1 Å². The number of rotatable bonds is 11. The van der Waals surface area contributed by atoms with Crippen molar-refractivity contribution >= 4 is 80.9 Å². The SMILES string of the molecule is C.C.COC(=O)c1ccc([N+](=O)[O-])cc1Cl.COC(OC)OC.NCC(=O)c1ccc([N+](=O)[O-])cc1Cl.Nc1ccc(-c2nnco2)c(Cl)c1.O=[N+]([O-])c1ccc(-c2nnco2)c(Cl)c1. The lowest BCUT2D eigenvalue weighted by atomic mass is 10.1. The lowest BCUT2D eigenvalue weighted by Gasteiger charge is -2.08. The smallest absolute Gasteiger partial charge is 0.339 e. The first kappa shape index (κ1) is 58.3. The molecule has 0 radical (unpaired) electrons. The first-order chi connectivity index (χ1) is 29.9. The Morgan fingerprint density at radius 1 is 0.631 bits per heavy atom. The van der Waals surface area contributed by atoms with Crippen LogP contribution in [0.15, 0.2) is 94.4 Å². The molecule has 0 amide bonds. The molecule has 27 heteroatoms. The number of hydrogen-bond donors (Lipinski definition) is 2. The summed E-state index contributed by atoms with van der Waals surface area (Å²) < 4.78 is 28.2. The first-order valence-electron chi connectivity index (χ1n) is 16.7. The van der Waals surface area contributed by atoms with Crippen LogP contribution in [-0.4, -0.2) is 88.4 Å². The van der Waals surface area contributed by atoms with Crippen LogP contribution in [0.3, 0.4) is 0 Å². The molecule has 2 heterocycles. The van der Waals surface area contributed by atoms with Crippen LogP contribution in [0.5, 0.6) is 0 Å². The number of non-ortho nitro benzene ring substituents is 3. The number of hydrogen-bond acceptors (Lipinski definition) is 20. The Morgan fingerprint density at radius 2 is 1.02 bits per heavy atom. The van der Waals surface area contributed by atoms with Crippen LogP contribution in [0.1, 0.15) is 35.6 Å². The number of ketones is 1. The third-order valence-corrected chi connectivity index (χ3v) is 8.38. The number of aromatic nitrogens is 4. The highest BCUT2D eigenvalue weighted by Crippen LogP contribution is 2.30. The highest BCUT2D eigenvalue weighted by molar-refractivity contribution is 6.35. The average Bonchev–Trinajstić information content (AvgIpc) is 4.01. The number of nitrogens with zero attached hydrogens (tertiary/aromatic N) is 7. The van der Waals surface area contributed by atoms with Crippen molar-refractivity contribution in [2.24, 2.45) is 5.73 Å². The molecule has 0 aliphatic rings. The van der Waals surface area contributed by atoms with Crippen LogP contribution >= 0.6 is 46.4 Å². The zero-order valence-corrected chi connectivity index (χ0v) is 35.9. The third-order valence-electron chi connectivity index (χ3n) is 7.13. The highest BCUT2D eigenvalue weighted by atomic mass is 35.5. The lowest BCUT2D eigenvalue weighted by molar-refractivity contribution is -0.385.